The number of rotatable bonds is 4. The van der Waals surface area contributed by atoms with Crippen molar-refractivity contribution in [3.63, 3.8) is 0 Å². The van der Waals surface area contributed by atoms with Gasteiger partial charge in [0.2, 0.25) is 5.95 Å². The number of aromatic nitrogens is 5. The molecule has 1 saturated carbocycles. The van der Waals surface area contributed by atoms with E-state index in [-0.39, 0.29) is 5.92 Å². The molecule has 1 unspecified atom stereocenters. The number of anilines is 2. The van der Waals surface area contributed by atoms with Crippen molar-refractivity contribution in [2.45, 2.75) is 57.5 Å². The number of fused-ring (bicyclic) bond motifs is 3. The van der Waals surface area contributed by atoms with Crippen LogP contribution in [0.5, 0.6) is 0 Å². The molecule has 2 aliphatic heterocycles. The summed E-state index contributed by atoms with van der Waals surface area (Å²) >= 11 is 0. The summed E-state index contributed by atoms with van der Waals surface area (Å²) in [5.41, 5.74) is 1.74. The fourth-order valence-electron chi connectivity index (χ4n) is 6.03. The summed E-state index contributed by atoms with van der Waals surface area (Å²) in [6.45, 7) is 4.70. The SMILES string of the molecule is Cc1cc(N2C[C@H]3CC[C@@H](C2)C3Nc2nc3n(n2)CCCC[C@@H]3c2ccc(F)c(F)c2)ncn1. The summed E-state index contributed by atoms with van der Waals surface area (Å²) < 4.78 is 29.4. The summed E-state index contributed by atoms with van der Waals surface area (Å²) in [6.07, 6.45) is 6.84. The molecule has 2 bridgehead atoms. The predicted octanol–water partition coefficient (Wildman–Crippen LogP) is 4.30. The van der Waals surface area contributed by atoms with Gasteiger partial charge in [0.25, 0.3) is 0 Å². The minimum Gasteiger partial charge on any atom is -0.356 e. The van der Waals surface area contributed by atoms with Crippen LogP contribution in [-0.4, -0.2) is 43.9 Å². The molecule has 0 radical (unpaired) electrons. The van der Waals surface area contributed by atoms with E-state index < -0.39 is 11.6 Å². The fourth-order valence-corrected chi connectivity index (χ4v) is 6.03. The quantitative estimate of drug-likeness (QED) is 0.620. The van der Waals surface area contributed by atoms with E-state index in [9.17, 15) is 8.78 Å². The van der Waals surface area contributed by atoms with Gasteiger partial charge in [-0.2, -0.15) is 4.98 Å². The molecular formula is C25H29F2N7. The smallest absolute Gasteiger partial charge is 0.242 e. The topological polar surface area (TPSA) is 71.8 Å². The van der Waals surface area contributed by atoms with Crippen LogP contribution in [-0.2, 0) is 6.54 Å². The number of hydrogen-bond donors (Lipinski definition) is 1. The number of aryl methyl sites for hydroxylation is 2. The molecule has 7 nitrogen and oxygen atoms in total. The monoisotopic (exact) mass is 465 g/mol. The van der Waals surface area contributed by atoms with Gasteiger partial charge in [0.15, 0.2) is 11.6 Å². The third-order valence-corrected chi connectivity index (χ3v) is 7.71. The van der Waals surface area contributed by atoms with E-state index >= 15 is 0 Å². The second-order valence-electron chi connectivity index (χ2n) is 9.93. The largest absolute Gasteiger partial charge is 0.356 e. The third-order valence-electron chi connectivity index (χ3n) is 7.71. The average Bonchev–Trinajstić information content (AvgIpc) is 3.23. The number of nitrogens with one attached hydrogen (secondary N) is 1. The van der Waals surface area contributed by atoms with Crippen molar-refractivity contribution < 1.29 is 8.78 Å². The highest BCUT2D eigenvalue weighted by atomic mass is 19.2. The maximum atomic E-state index is 14.0. The summed E-state index contributed by atoms with van der Waals surface area (Å²) in [4.78, 5) is 16.0. The molecule has 178 valence electrons. The lowest BCUT2D eigenvalue weighted by Crippen LogP contribution is -2.48. The molecule has 3 aliphatic rings. The molecule has 3 aromatic rings. The van der Waals surface area contributed by atoms with Gasteiger partial charge in [-0.25, -0.2) is 23.4 Å². The molecule has 0 spiro atoms. The van der Waals surface area contributed by atoms with Crippen LogP contribution in [0, 0.1) is 30.4 Å². The first kappa shape index (κ1) is 21.4. The highest BCUT2D eigenvalue weighted by molar-refractivity contribution is 5.42. The minimum atomic E-state index is -0.819. The Morgan fingerprint density at radius 1 is 0.971 bits per heavy atom. The van der Waals surface area contributed by atoms with Gasteiger partial charge in [0.1, 0.15) is 18.0 Å². The summed E-state index contributed by atoms with van der Waals surface area (Å²) in [5.74, 6) is 1.78. The van der Waals surface area contributed by atoms with Crippen molar-refractivity contribution in [1.29, 1.82) is 0 Å². The van der Waals surface area contributed by atoms with Crippen LogP contribution >= 0.6 is 0 Å². The Kier molecular flexibility index (Phi) is 5.42. The molecule has 1 N–H and O–H groups in total. The predicted molar refractivity (Wildman–Crippen MR) is 125 cm³/mol. The first-order valence-corrected chi connectivity index (χ1v) is 12.2. The molecular weight excluding hydrogens is 436 g/mol. The molecule has 2 fully saturated rings. The van der Waals surface area contributed by atoms with Crippen molar-refractivity contribution in [2.24, 2.45) is 11.8 Å². The van der Waals surface area contributed by atoms with Gasteiger partial charge < -0.3 is 10.2 Å². The average molecular weight is 466 g/mol. The maximum absolute atomic E-state index is 14.0. The summed E-state index contributed by atoms with van der Waals surface area (Å²) in [5, 5.41) is 8.46. The number of piperidine rings is 1. The number of halogens is 2. The fraction of sp³-hybridized carbons (Fsp3) is 0.520. The van der Waals surface area contributed by atoms with Gasteiger partial charge in [-0.1, -0.05) is 12.5 Å². The Labute approximate surface area is 197 Å². The van der Waals surface area contributed by atoms with Gasteiger partial charge >= 0.3 is 0 Å². The zero-order valence-electron chi connectivity index (χ0n) is 19.3. The Morgan fingerprint density at radius 3 is 2.56 bits per heavy atom. The standard InChI is InChI=1S/C25H29F2N7/c1-15-10-22(29-14-28-15)33-12-17-5-6-18(13-33)23(17)30-25-31-24-19(4-2-3-9-34(24)32-25)16-7-8-20(26)21(27)11-16/h7-8,10-11,14,17-19,23H,2-6,9,12-13H2,1H3,(H,30,32)/t17-,18+,19-,23?/m1/s1. The molecule has 0 amide bonds. The van der Waals surface area contributed by atoms with Gasteiger partial charge in [0, 0.05) is 43.4 Å². The van der Waals surface area contributed by atoms with Crippen LogP contribution in [0.15, 0.2) is 30.6 Å². The van der Waals surface area contributed by atoms with Gasteiger partial charge in [-0.05, 0) is 62.1 Å². The van der Waals surface area contributed by atoms with E-state index in [0.29, 0.717) is 23.8 Å². The molecule has 6 rings (SSSR count). The van der Waals surface area contributed by atoms with Crippen molar-refractivity contribution in [2.75, 3.05) is 23.3 Å². The van der Waals surface area contributed by atoms with Crippen molar-refractivity contribution in [3.8, 4) is 0 Å². The normalized spacial score (nSPS) is 26.3. The van der Waals surface area contributed by atoms with Crippen LogP contribution in [0.2, 0.25) is 0 Å². The van der Waals surface area contributed by atoms with Gasteiger partial charge in [-0.3, -0.25) is 0 Å². The van der Waals surface area contributed by atoms with Crippen LogP contribution in [0.4, 0.5) is 20.5 Å². The molecule has 34 heavy (non-hydrogen) atoms. The van der Waals surface area contributed by atoms with Gasteiger partial charge in [-0.15, -0.1) is 5.10 Å². The van der Waals surface area contributed by atoms with E-state index in [4.69, 9.17) is 10.1 Å². The molecule has 1 aliphatic carbocycles. The Balaban J connectivity index is 1.22. The van der Waals surface area contributed by atoms with Crippen molar-refractivity contribution >= 4 is 11.8 Å². The lowest BCUT2D eigenvalue weighted by Gasteiger charge is -2.38. The van der Waals surface area contributed by atoms with Crippen LogP contribution in [0.1, 0.15) is 55.1 Å². The molecule has 2 aromatic heterocycles. The highest BCUT2D eigenvalue weighted by Crippen LogP contribution is 2.40. The van der Waals surface area contributed by atoms with Crippen LogP contribution in [0.25, 0.3) is 0 Å². The second-order valence-corrected chi connectivity index (χ2v) is 9.93. The lowest BCUT2D eigenvalue weighted by atomic mass is 9.92. The van der Waals surface area contributed by atoms with Gasteiger partial charge in [0.05, 0.1) is 0 Å². The van der Waals surface area contributed by atoms with E-state index in [1.807, 2.05) is 11.6 Å². The van der Waals surface area contributed by atoms with E-state index in [2.05, 4.69) is 26.3 Å². The minimum absolute atomic E-state index is 0.0831. The van der Waals surface area contributed by atoms with E-state index in [0.717, 1.165) is 61.8 Å². The maximum Gasteiger partial charge on any atom is 0.242 e. The molecule has 4 heterocycles. The Morgan fingerprint density at radius 2 is 1.79 bits per heavy atom. The van der Waals surface area contributed by atoms with Crippen LogP contribution in [0.3, 0.4) is 0 Å². The van der Waals surface area contributed by atoms with Crippen molar-refractivity contribution in [3.05, 3.63) is 59.3 Å². The van der Waals surface area contributed by atoms with E-state index in [1.54, 1.807) is 12.4 Å². The Hall–Kier alpha value is -3.10. The first-order chi connectivity index (χ1) is 16.5. The zero-order valence-corrected chi connectivity index (χ0v) is 19.3. The van der Waals surface area contributed by atoms with E-state index in [1.165, 1.54) is 25.0 Å². The lowest BCUT2D eigenvalue weighted by molar-refractivity contribution is 0.374. The Bertz CT molecular complexity index is 1180. The van der Waals surface area contributed by atoms with Crippen LogP contribution < -0.4 is 10.2 Å². The van der Waals surface area contributed by atoms with Crippen molar-refractivity contribution in [1.82, 2.24) is 24.7 Å². The molecule has 1 saturated heterocycles. The number of benzene rings is 1. The second kappa shape index (κ2) is 8.60. The summed E-state index contributed by atoms with van der Waals surface area (Å²) in [7, 11) is 0. The summed E-state index contributed by atoms with van der Waals surface area (Å²) in [6, 6.07) is 6.57. The molecule has 4 atom stereocenters. The molecule has 9 heteroatoms. The molecule has 1 aromatic carbocycles. The first-order valence-electron chi connectivity index (χ1n) is 12.2. The highest BCUT2D eigenvalue weighted by Gasteiger charge is 2.43. The zero-order chi connectivity index (χ0) is 23.2. The number of hydrogen-bond acceptors (Lipinski definition) is 6. The third kappa shape index (κ3) is 3.91. The number of nitrogens with zero attached hydrogens (tertiary/aromatic N) is 6.